The normalized spacial score (nSPS) is 11.5. The van der Waals surface area contributed by atoms with Crippen LogP contribution in [-0.4, -0.2) is 49.2 Å². The molecule has 3 rings (SSSR count). The van der Waals surface area contributed by atoms with E-state index in [1.165, 1.54) is 0 Å². The molecule has 5 nitrogen and oxygen atoms in total. The van der Waals surface area contributed by atoms with E-state index in [-0.39, 0.29) is 0 Å². The third-order valence-electron chi connectivity index (χ3n) is 4.29. The predicted molar refractivity (Wildman–Crippen MR) is 118 cm³/mol. The molecule has 6 heteroatoms. The first-order valence-electron chi connectivity index (χ1n) is 9.23. The topological polar surface area (TPSA) is 50.3 Å². The second-order valence-electron chi connectivity index (χ2n) is 6.78. The van der Waals surface area contributed by atoms with E-state index in [1.54, 1.807) is 7.11 Å². The highest BCUT2D eigenvalue weighted by Crippen LogP contribution is 2.25. The summed E-state index contributed by atoms with van der Waals surface area (Å²) in [7, 11) is 5.80. The fourth-order valence-corrected chi connectivity index (χ4v) is 2.99. The monoisotopic (exact) mass is 396 g/mol. The summed E-state index contributed by atoms with van der Waals surface area (Å²) in [6.07, 6.45) is 4.93. The minimum absolute atomic E-state index is 0.653. The lowest BCUT2D eigenvalue weighted by Crippen LogP contribution is -2.17. The van der Waals surface area contributed by atoms with E-state index in [9.17, 15) is 0 Å². The van der Waals surface area contributed by atoms with Crippen molar-refractivity contribution in [3.05, 3.63) is 58.9 Å². The molecule has 1 aromatic heterocycles. The van der Waals surface area contributed by atoms with Crippen LogP contribution in [0.2, 0.25) is 5.02 Å². The van der Waals surface area contributed by atoms with Crippen LogP contribution in [0, 0.1) is 0 Å². The van der Waals surface area contributed by atoms with E-state index in [4.69, 9.17) is 21.3 Å². The Morgan fingerprint density at radius 1 is 1.07 bits per heavy atom. The lowest BCUT2D eigenvalue weighted by Gasteiger charge is -2.12. The summed E-state index contributed by atoms with van der Waals surface area (Å²) in [4.78, 5) is 11.5. The molecule has 0 aliphatic carbocycles. The van der Waals surface area contributed by atoms with Crippen LogP contribution in [0.5, 0.6) is 5.75 Å². The van der Waals surface area contributed by atoms with Crippen LogP contribution in [0.1, 0.15) is 17.8 Å². The molecule has 1 N–H and O–H groups in total. The first-order chi connectivity index (χ1) is 13.5. The molecule has 0 spiro atoms. The minimum atomic E-state index is 0.653. The fourth-order valence-electron chi connectivity index (χ4n) is 2.82. The number of benzene rings is 2. The predicted octanol–water partition coefficient (Wildman–Crippen LogP) is 4.83. The molecule has 0 aliphatic heterocycles. The van der Waals surface area contributed by atoms with Gasteiger partial charge in [-0.3, -0.25) is 0 Å². The van der Waals surface area contributed by atoms with E-state index < -0.39 is 0 Å². The van der Waals surface area contributed by atoms with Crippen molar-refractivity contribution in [3.63, 3.8) is 0 Å². The number of rotatable bonds is 8. The molecule has 146 valence electrons. The largest absolute Gasteiger partial charge is 0.497 e. The summed E-state index contributed by atoms with van der Waals surface area (Å²) in [5.41, 5.74) is 1.92. The highest BCUT2D eigenvalue weighted by Gasteiger charge is 2.07. The van der Waals surface area contributed by atoms with Crippen LogP contribution in [-0.2, 0) is 0 Å². The maximum Gasteiger partial charge on any atom is 0.154 e. The highest BCUT2D eigenvalue weighted by molar-refractivity contribution is 6.31. The van der Waals surface area contributed by atoms with Crippen molar-refractivity contribution in [1.29, 1.82) is 0 Å². The average molecular weight is 397 g/mol. The van der Waals surface area contributed by atoms with Gasteiger partial charge in [0.2, 0.25) is 0 Å². The summed E-state index contributed by atoms with van der Waals surface area (Å²) in [5, 5.41) is 5.04. The maximum atomic E-state index is 6.19. The van der Waals surface area contributed by atoms with Crippen LogP contribution in [0.3, 0.4) is 0 Å². The van der Waals surface area contributed by atoms with Crippen LogP contribution in [0.15, 0.2) is 42.5 Å². The molecule has 0 aliphatic rings. The molecule has 0 unspecified atom stereocenters. The Morgan fingerprint density at radius 2 is 1.86 bits per heavy atom. The van der Waals surface area contributed by atoms with E-state index in [2.05, 4.69) is 29.3 Å². The number of methoxy groups -OCH3 is 1. The smallest absolute Gasteiger partial charge is 0.154 e. The van der Waals surface area contributed by atoms with Crippen molar-refractivity contribution in [3.8, 4) is 5.75 Å². The summed E-state index contributed by atoms with van der Waals surface area (Å²) < 4.78 is 5.20. The van der Waals surface area contributed by atoms with Gasteiger partial charge in [0.25, 0.3) is 0 Å². The molecule has 0 saturated heterocycles. The fraction of sp³-hybridized carbons (Fsp3) is 0.273. The van der Waals surface area contributed by atoms with Gasteiger partial charge >= 0.3 is 0 Å². The van der Waals surface area contributed by atoms with Crippen molar-refractivity contribution in [2.75, 3.05) is 39.6 Å². The molecule has 0 fully saturated rings. The summed E-state index contributed by atoms with van der Waals surface area (Å²) in [6.45, 7) is 1.85. The number of anilines is 1. The van der Waals surface area contributed by atoms with Gasteiger partial charge in [-0.25, -0.2) is 9.97 Å². The zero-order valence-electron chi connectivity index (χ0n) is 16.4. The molecule has 0 amide bonds. The van der Waals surface area contributed by atoms with Gasteiger partial charge in [-0.05, 0) is 69.0 Å². The number of aromatic nitrogens is 2. The third kappa shape index (κ3) is 5.44. The van der Waals surface area contributed by atoms with E-state index in [1.807, 2.05) is 54.6 Å². The quantitative estimate of drug-likeness (QED) is 0.553. The maximum absolute atomic E-state index is 6.19. The van der Waals surface area contributed by atoms with E-state index in [0.717, 1.165) is 47.5 Å². The summed E-state index contributed by atoms with van der Waals surface area (Å²) in [5.74, 6) is 2.29. The van der Waals surface area contributed by atoms with Crippen molar-refractivity contribution >= 4 is 40.5 Å². The van der Waals surface area contributed by atoms with Crippen LogP contribution < -0.4 is 10.1 Å². The Morgan fingerprint density at radius 3 is 2.57 bits per heavy atom. The number of hydrogen-bond acceptors (Lipinski definition) is 5. The van der Waals surface area contributed by atoms with Gasteiger partial charge in [-0.15, -0.1) is 0 Å². The standard InChI is InChI=1S/C22H25ClN4O/c1-27(2)14-4-13-24-22-19-15-17(23)8-11-20(19)25-21(26-22)12-7-16-5-9-18(28-3)10-6-16/h5-12,15H,4,13-14H2,1-3H3,(H,24,25,26). The van der Waals surface area contributed by atoms with Crippen molar-refractivity contribution in [2.45, 2.75) is 6.42 Å². The van der Waals surface area contributed by atoms with Crippen molar-refractivity contribution in [1.82, 2.24) is 14.9 Å². The molecule has 0 radical (unpaired) electrons. The van der Waals surface area contributed by atoms with Gasteiger partial charge in [0.05, 0.1) is 12.6 Å². The Bertz CT molecular complexity index is 955. The Balaban J connectivity index is 1.85. The van der Waals surface area contributed by atoms with Gasteiger partial charge in [-0.2, -0.15) is 0 Å². The molecule has 0 bridgehead atoms. The molecule has 28 heavy (non-hydrogen) atoms. The van der Waals surface area contributed by atoms with Crippen molar-refractivity contribution < 1.29 is 4.74 Å². The van der Waals surface area contributed by atoms with Gasteiger partial charge in [0.1, 0.15) is 11.6 Å². The van der Waals surface area contributed by atoms with E-state index in [0.29, 0.717) is 10.8 Å². The van der Waals surface area contributed by atoms with Gasteiger partial charge in [0, 0.05) is 17.0 Å². The van der Waals surface area contributed by atoms with Crippen molar-refractivity contribution in [2.24, 2.45) is 0 Å². The molecule has 0 atom stereocenters. The minimum Gasteiger partial charge on any atom is -0.497 e. The lowest BCUT2D eigenvalue weighted by atomic mass is 10.2. The number of hydrogen-bond donors (Lipinski definition) is 1. The number of halogens is 1. The van der Waals surface area contributed by atoms with Gasteiger partial charge in [0.15, 0.2) is 5.82 Å². The van der Waals surface area contributed by atoms with Crippen LogP contribution >= 0.6 is 11.6 Å². The summed E-state index contributed by atoms with van der Waals surface area (Å²) >= 11 is 6.19. The molecule has 2 aromatic carbocycles. The third-order valence-corrected chi connectivity index (χ3v) is 4.53. The highest BCUT2D eigenvalue weighted by atomic mass is 35.5. The number of nitrogens with zero attached hydrogens (tertiary/aromatic N) is 3. The second-order valence-corrected chi connectivity index (χ2v) is 7.22. The molecule has 1 heterocycles. The molecular formula is C22H25ClN4O. The second kappa shape index (κ2) is 9.53. The molecule has 0 saturated carbocycles. The average Bonchev–Trinajstić information content (AvgIpc) is 2.70. The molecule has 3 aromatic rings. The summed E-state index contributed by atoms with van der Waals surface area (Å²) in [6, 6.07) is 13.5. The van der Waals surface area contributed by atoms with Gasteiger partial charge < -0.3 is 15.0 Å². The first kappa shape index (κ1) is 20.1. The zero-order chi connectivity index (χ0) is 19.9. The first-order valence-corrected chi connectivity index (χ1v) is 9.61. The Labute approximate surface area is 171 Å². The number of fused-ring (bicyclic) bond motifs is 1. The van der Waals surface area contributed by atoms with Crippen LogP contribution in [0.4, 0.5) is 5.82 Å². The lowest BCUT2D eigenvalue weighted by molar-refractivity contribution is 0.405. The van der Waals surface area contributed by atoms with Gasteiger partial charge in [-0.1, -0.05) is 29.8 Å². The Hall–Kier alpha value is -2.63. The molecular weight excluding hydrogens is 372 g/mol. The number of ether oxygens (including phenoxy) is 1. The van der Waals surface area contributed by atoms with Crippen LogP contribution in [0.25, 0.3) is 23.1 Å². The number of nitrogens with one attached hydrogen (secondary N) is 1. The SMILES string of the molecule is COc1ccc(C=Cc2nc(NCCCN(C)C)c3cc(Cl)ccc3n2)cc1. The Kier molecular flexibility index (Phi) is 6.85. The van der Waals surface area contributed by atoms with E-state index >= 15 is 0 Å². The zero-order valence-corrected chi connectivity index (χ0v) is 17.2.